The number of aromatic nitrogens is 2. The van der Waals surface area contributed by atoms with Gasteiger partial charge in [-0.05, 0) is 35.1 Å². The van der Waals surface area contributed by atoms with E-state index in [0.717, 1.165) is 22.2 Å². The van der Waals surface area contributed by atoms with Gasteiger partial charge in [0, 0.05) is 19.2 Å². The molecular weight excluding hydrogens is 383 g/mol. The van der Waals surface area contributed by atoms with E-state index in [9.17, 15) is 18.3 Å². The summed E-state index contributed by atoms with van der Waals surface area (Å²) in [6, 6.07) is 10.8. The van der Waals surface area contributed by atoms with Crippen molar-refractivity contribution in [2.45, 2.75) is 12.7 Å². The molecule has 2 aromatic carbocycles. The Morgan fingerprint density at radius 2 is 1.97 bits per heavy atom. The largest absolute Gasteiger partial charge is 0.493 e. The van der Waals surface area contributed by atoms with Gasteiger partial charge in [-0.25, -0.2) is 4.98 Å². The molecule has 9 heteroatoms. The van der Waals surface area contributed by atoms with Crippen molar-refractivity contribution in [3.63, 3.8) is 0 Å². The molecule has 2 heterocycles. The fraction of sp³-hybridized carbons (Fsp3) is 0.150. The molecule has 148 valence electrons. The average Bonchev–Trinajstić information content (AvgIpc) is 3.26. The molecule has 1 aliphatic heterocycles. The summed E-state index contributed by atoms with van der Waals surface area (Å²) >= 11 is 0. The first-order chi connectivity index (χ1) is 13.8. The maximum atomic E-state index is 13.1. The van der Waals surface area contributed by atoms with Gasteiger partial charge in [0.05, 0.1) is 17.1 Å². The second-order valence-corrected chi connectivity index (χ2v) is 6.52. The van der Waals surface area contributed by atoms with Crippen molar-refractivity contribution >= 4 is 18.2 Å². The van der Waals surface area contributed by atoms with E-state index >= 15 is 0 Å². The summed E-state index contributed by atoms with van der Waals surface area (Å²) in [4.78, 5) is 4.31. The van der Waals surface area contributed by atoms with Crippen LogP contribution >= 0.6 is 0 Å². The van der Waals surface area contributed by atoms with Gasteiger partial charge in [-0.2, -0.15) is 23.4 Å². The standard InChI is InChI=1S/C20H16F3N5O/c1-28-18(29)17(9-12-6-7-16-14(8-12)11-25-27-16)26-19(28)24-10-13-4-2-3-5-15(13)20(21,22)23/h2-9,11,29H,10H2,1H3,(H,24,26)/b12-9+. The van der Waals surface area contributed by atoms with Crippen LogP contribution in [0.4, 0.5) is 19.1 Å². The van der Waals surface area contributed by atoms with E-state index in [-0.39, 0.29) is 23.9 Å². The highest BCUT2D eigenvalue weighted by molar-refractivity contribution is 5.80. The Balaban J connectivity index is 1.61. The molecule has 0 saturated heterocycles. The van der Waals surface area contributed by atoms with Crippen molar-refractivity contribution in [3.8, 4) is 5.88 Å². The number of benzene rings is 2. The Morgan fingerprint density at radius 3 is 2.76 bits per heavy atom. The van der Waals surface area contributed by atoms with Crippen LogP contribution in [0, 0.1) is 0 Å². The predicted molar refractivity (Wildman–Crippen MR) is 102 cm³/mol. The average molecular weight is 399 g/mol. The summed E-state index contributed by atoms with van der Waals surface area (Å²) in [6.45, 7) is -0.0871. The van der Waals surface area contributed by atoms with E-state index in [1.165, 1.54) is 16.7 Å². The number of hydrogen-bond donors (Lipinski definition) is 2. The van der Waals surface area contributed by atoms with Crippen molar-refractivity contribution < 1.29 is 18.3 Å². The lowest BCUT2D eigenvalue weighted by molar-refractivity contribution is -0.138. The third-order valence-corrected chi connectivity index (χ3v) is 4.57. The first kappa shape index (κ1) is 18.7. The molecule has 0 unspecified atom stereocenters. The zero-order valence-corrected chi connectivity index (χ0v) is 15.3. The molecule has 2 N–H and O–H groups in total. The Bertz CT molecular complexity index is 1230. The van der Waals surface area contributed by atoms with Crippen LogP contribution in [-0.4, -0.2) is 20.9 Å². The fourth-order valence-corrected chi connectivity index (χ4v) is 3.06. The lowest BCUT2D eigenvalue weighted by Crippen LogP contribution is -2.13. The number of fused-ring (bicyclic) bond motifs is 1. The number of aromatic hydroxyl groups is 1. The molecular formula is C20H16F3N5O. The summed E-state index contributed by atoms with van der Waals surface area (Å²) in [6.07, 6.45) is -1.13. The van der Waals surface area contributed by atoms with Gasteiger partial charge < -0.3 is 10.4 Å². The molecule has 0 spiro atoms. The van der Waals surface area contributed by atoms with Gasteiger partial charge in [-0.15, -0.1) is 0 Å². The van der Waals surface area contributed by atoms with Crippen molar-refractivity contribution in [1.29, 1.82) is 0 Å². The number of nitrogens with one attached hydrogen (secondary N) is 1. The van der Waals surface area contributed by atoms with Crippen LogP contribution < -0.4 is 15.9 Å². The molecule has 0 fully saturated rings. The van der Waals surface area contributed by atoms with Crippen LogP contribution in [0.25, 0.3) is 6.08 Å². The molecule has 6 nitrogen and oxygen atoms in total. The number of hydrogen-bond acceptors (Lipinski definition) is 5. The third kappa shape index (κ3) is 3.71. The van der Waals surface area contributed by atoms with Gasteiger partial charge in [0.2, 0.25) is 11.8 Å². The van der Waals surface area contributed by atoms with Gasteiger partial charge in [0.15, 0.2) is 0 Å². The topological polar surface area (TPSA) is 74.8 Å². The number of alkyl halides is 3. The minimum atomic E-state index is -4.44. The van der Waals surface area contributed by atoms with Crippen molar-refractivity contribution in [2.24, 2.45) is 17.3 Å². The van der Waals surface area contributed by atoms with E-state index in [1.807, 2.05) is 12.1 Å². The van der Waals surface area contributed by atoms with Crippen LogP contribution in [0.2, 0.25) is 0 Å². The fourth-order valence-electron chi connectivity index (χ4n) is 3.06. The molecule has 0 amide bonds. The van der Waals surface area contributed by atoms with E-state index in [1.54, 1.807) is 31.5 Å². The van der Waals surface area contributed by atoms with Crippen molar-refractivity contribution in [3.05, 3.63) is 75.4 Å². The maximum absolute atomic E-state index is 13.1. The number of anilines is 1. The van der Waals surface area contributed by atoms with Crippen LogP contribution in [0.15, 0.2) is 52.7 Å². The zero-order chi connectivity index (χ0) is 20.6. The Morgan fingerprint density at radius 1 is 1.17 bits per heavy atom. The summed E-state index contributed by atoms with van der Waals surface area (Å²) in [5, 5.41) is 22.6. The van der Waals surface area contributed by atoms with Crippen LogP contribution in [0.5, 0.6) is 5.88 Å². The van der Waals surface area contributed by atoms with Crippen LogP contribution in [-0.2, 0) is 19.8 Å². The number of halogens is 3. The molecule has 0 saturated carbocycles. The summed E-state index contributed by atoms with van der Waals surface area (Å²) in [7, 11) is 1.58. The second-order valence-electron chi connectivity index (χ2n) is 6.52. The zero-order valence-electron chi connectivity index (χ0n) is 15.3. The van der Waals surface area contributed by atoms with Crippen molar-refractivity contribution in [2.75, 3.05) is 5.32 Å². The van der Waals surface area contributed by atoms with Crippen molar-refractivity contribution in [1.82, 2.24) is 9.55 Å². The molecule has 1 aromatic heterocycles. The Labute approximate surface area is 163 Å². The van der Waals surface area contributed by atoms with Gasteiger partial charge in [-0.1, -0.05) is 24.3 Å². The van der Waals surface area contributed by atoms with E-state index in [4.69, 9.17) is 0 Å². The summed E-state index contributed by atoms with van der Waals surface area (Å²) in [5.74, 6) is 0.152. The molecule has 4 rings (SSSR count). The highest BCUT2D eigenvalue weighted by atomic mass is 19.4. The molecule has 0 bridgehead atoms. The first-order valence-corrected chi connectivity index (χ1v) is 8.70. The smallest absolute Gasteiger partial charge is 0.416 e. The Hall–Kier alpha value is -3.62. The van der Waals surface area contributed by atoms with Gasteiger partial charge >= 0.3 is 6.18 Å². The summed E-state index contributed by atoms with van der Waals surface area (Å²) < 4.78 is 40.8. The predicted octanol–water partition coefficient (Wildman–Crippen LogP) is 2.55. The third-order valence-electron chi connectivity index (χ3n) is 4.57. The van der Waals surface area contributed by atoms with E-state index < -0.39 is 11.7 Å². The molecule has 3 aromatic rings. The molecule has 1 aliphatic rings. The highest BCUT2D eigenvalue weighted by Crippen LogP contribution is 2.32. The van der Waals surface area contributed by atoms with Gasteiger partial charge in [0.1, 0.15) is 5.69 Å². The quantitative estimate of drug-likeness (QED) is 0.708. The monoisotopic (exact) mass is 399 g/mol. The lowest BCUT2D eigenvalue weighted by atomic mass is 10.1. The lowest BCUT2D eigenvalue weighted by Gasteiger charge is -2.13. The van der Waals surface area contributed by atoms with E-state index in [2.05, 4.69) is 20.5 Å². The molecule has 29 heavy (non-hydrogen) atoms. The number of rotatable bonds is 4. The minimum Gasteiger partial charge on any atom is -0.493 e. The SMILES string of the molecule is Cn1c(NCc2ccccc2C(F)(F)F)nc(/C=c2\ccc3c(c2)C=NN=3)c1O. The van der Waals surface area contributed by atoms with Gasteiger partial charge in [-0.3, -0.25) is 4.57 Å². The molecule has 0 aliphatic carbocycles. The highest BCUT2D eigenvalue weighted by Gasteiger charge is 2.32. The maximum Gasteiger partial charge on any atom is 0.416 e. The normalized spacial score (nSPS) is 13.4. The Kier molecular flexibility index (Phi) is 4.57. The minimum absolute atomic E-state index is 0.0871. The van der Waals surface area contributed by atoms with Crippen LogP contribution in [0.1, 0.15) is 22.4 Å². The number of nitrogens with zero attached hydrogens (tertiary/aromatic N) is 4. The van der Waals surface area contributed by atoms with Gasteiger partial charge in [0.25, 0.3) is 0 Å². The number of imidazole rings is 1. The molecule has 0 atom stereocenters. The second kappa shape index (κ2) is 7.08. The van der Waals surface area contributed by atoms with Crippen LogP contribution in [0.3, 0.4) is 0 Å². The summed E-state index contributed by atoms with van der Waals surface area (Å²) in [5.41, 5.74) is 0.542. The first-order valence-electron chi connectivity index (χ1n) is 8.70. The van der Waals surface area contributed by atoms with E-state index in [0.29, 0.717) is 5.69 Å². The molecule has 0 radical (unpaired) electrons.